The lowest BCUT2D eigenvalue weighted by Crippen LogP contribution is -2.21. The third-order valence-electron chi connectivity index (χ3n) is 7.59. The van der Waals surface area contributed by atoms with E-state index in [0.717, 1.165) is 70.4 Å². The van der Waals surface area contributed by atoms with Gasteiger partial charge < -0.3 is 14.5 Å². The lowest BCUT2D eigenvalue weighted by Gasteiger charge is -2.19. The molecule has 1 N–H and O–H groups in total. The molecule has 0 bridgehead atoms. The molecule has 41 heavy (non-hydrogen) atoms. The lowest BCUT2D eigenvalue weighted by molar-refractivity contribution is -0.137. The fourth-order valence-corrected chi connectivity index (χ4v) is 5.62. The van der Waals surface area contributed by atoms with Gasteiger partial charge in [-0.25, -0.2) is 15.0 Å². The Labute approximate surface area is 236 Å². The number of hydrogen-bond acceptors (Lipinski definition) is 5. The smallest absolute Gasteiger partial charge is 0.369 e. The van der Waals surface area contributed by atoms with Gasteiger partial charge in [0.2, 0.25) is 0 Å². The van der Waals surface area contributed by atoms with Gasteiger partial charge in [-0.3, -0.25) is 4.99 Å². The van der Waals surface area contributed by atoms with Gasteiger partial charge in [0, 0.05) is 31.1 Å². The molecular weight excluding hydrogens is 527 g/mol. The van der Waals surface area contributed by atoms with Gasteiger partial charge in [-0.2, -0.15) is 13.2 Å². The van der Waals surface area contributed by atoms with Gasteiger partial charge in [0.05, 0.1) is 28.2 Å². The summed E-state index contributed by atoms with van der Waals surface area (Å²) in [7, 11) is 2.04. The number of anilines is 1. The molecule has 4 heterocycles. The Bertz CT molecular complexity index is 1840. The zero-order valence-electron chi connectivity index (χ0n) is 23.9. The molecule has 0 aliphatic carbocycles. The Balaban J connectivity index is 1.54. The first-order chi connectivity index (χ1) is 19.3. The van der Waals surface area contributed by atoms with Crippen molar-refractivity contribution in [3.63, 3.8) is 0 Å². The molecule has 10 heteroatoms. The van der Waals surface area contributed by atoms with E-state index in [1.807, 2.05) is 19.2 Å². The average molecular weight is 560 g/mol. The zero-order valence-corrected chi connectivity index (χ0v) is 23.9. The summed E-state index contributed by atoms with van der Waals surface area (Å²) in [5, 5.41) is 3.52. The minimum absolute atomic E-state index is 0.0998. The number of nitrogens with one attached hydrogen (secondary N) is 1. The number of benzene rings is 2. The van der Waals surface area contributed by atoms with Crippen LogP contribution in [0.25, 0.3) is 33.5 Å². The molecule has 3 aliphatic heterocycles. The van der Waals surface area contributed by atoms with Crippen molar-refractivity contribution in [1.29, 1.82) is 0 Å². The Hall–Kier alpha value is -4.21. The van der Waals surface area contributed by atoms with Crippen molar-refractivity contribution in [3.8, 4) is 22.5 Å². The summed E-state index contributed by atoms with van der Waals surface area (Å²) >= 11 is 0. The third-order valence-corrected chi connectivity index (χ3v) is 7.59. The van der Waals surface area contributed by atoms with Crippen molar-refractivity contribution in [2.45, 2.75) is 58.8 Å². The van der Waals surface area contributed by atoms with Crippen LogP contribution in [0.3, 0.4) is 0 Å². The van der Waals surface area contributed by atoms with Gasteiger partial charge in [-0.15, -0.1) is 0 Å². The highest BCUT2D eigenvalue weighted by molar-refractivity contribution is 5.88. The Kier molecular flexibility index (Phi) is 6.20. The van der Waals surface area contributed by atoms with Gasteiger partial charge in [-0.1, -0.05) is 39.0 Å². The molecule has 0 spiro atoms. The van der Waals surface area contributed by atoms with Crippen LogP contribution in [0.15, 0.2) is 53.5 Å². The van der Waals surface area contributed by atoms with Crippen molar-refractivity contribution in [2.75, 3.05) is 11.9 Å². The molecule has 6 rings (SSSR count). The first kappa shape index (κ1) is 27.0. The summed E-state index contributed by atoms with van der Waals surface area (Å²) in [5.41, 5.74) is 4.84. The van der Waals surface area contributed by atoms with Crippen molar-refractivity contribution >= 4 is 16.9 Å². The van der Waals surface area contributed by atoms with Gasteiger partial charge in [0.15, 0.2) is 5.49 Å². The van der Waals surface area contributed by atoms with E-state index in [-0.39, 0.29) is 5.41 Å². The van der Waals surface area contributed by atoms with Crippen molar-refractivity contribution in [3.05, 3.63) is 76.8 Å². The summed E-state index contributed by atoms with van der Waals surface area (Å²) in [4.78, 5) is 19.1. The van der Waals surface area contributed by atoms with E-state index in [9.17, 15) is 13.2 Å². The van der Waals surface area contributed by atoms with Crippen LogP contribution in [-0.4, -0.2) is 30.6 Å². The molecule has 0 saturated heterocycles. The van der Waals surface area contributed by atoms with Crippen LogP contribution >= 0.6 is 0 Å². The molecule has 3 aromatic rings. The van der Waals surface area contributed by atoms with E-state index < -0.39 is 17.8 Å². The van der Waals surface area contributed by atoms with Crippen LogP contribution in [-0.2, 0) is 25.2 Å². The largest absolute Gasteiger partial charge is 0.416 e. The van der Waals surface area contributed by atoms with Crippen LogP contribution in [0.4, 0.5) is 19.0 Å². The lowest BCUT2D eigenvalue weighted by atomic mass is 9.96. The molecule has 7 nitrogen and oxygen atoms in total. The number of alkyl halides is 3. The summed E-state index contributed by atoms with van der Waals surface area (Å²) in [5.74, 6) is 3.26. The summed E-state index contributed by atoms with van der Waals surface area (Å²) < 4.78 is 44.4. The monoisotopic (exact) mass is 559 g/mol. The molecule has 0 fully saturated rings. The van der Waals surface area contributed by atoms with Crippen LogP contribution < -0.4 is 10.8 Å². The van der Waals surface area contributed by atoms with Crippen molar-refractivity contribution in [1.82, 2.24) is 24.1 Å². The molecule has 1 atom stereocenters. The number of fused-ring (bicyclic) bond motifs is 4. The molecule has 0 saturated carbocycles. The standard InChI is InChI=1S/C31H32F3N7/c1-17(19-8-7-9-21(14-19)31(32,33)34)36-26-23-16-22(27-35-12-13-41(27)28(23)38-18(2)37-26)20-10-11-24-25(15-20)40(6)29(39-24)30(3,4)5/h7-11,14-17,35H,12-13H2,1-6H3/t17-/m1/s1. The second-order valence-electron chi connectivity index (χ2n) is 11.7. The Morgan fingerprint density at radius 1 is 0.976 bits per heavy atom. The SMILES string of the molecule is Cc1nc2n3c(c(-c4ccc5nc(C(C)(C)C)n(C)c5c4)cc-2c(=N[C@H](C)c2cccc(C(F)(F)F)c2)n1)NCC3. The second kappa shape index (κ2) is 9.43. The second-order valence-corrected chi connectivity index (χ2v) is 11.7. The highest BCUT2D eigenvalue weighted by Gasteiger charge is 2.31. The van der Waals surface area contributed by atoms with E-state index in [1.54, 1.807) is 19.9 Å². The number of aromatic nitrogens is 5. The van der Waals surface area contributed by atoms with E-state index >= 15 is 0 Å². The normalized spacial score (nSPS) is 15.0. The maximum atomic E-state index is 13.4. The average Bonchev–Trinajstić information content (AvgIpc) is 3.53. The van der Waals surface area contributed by atoms with Gasteiger partial charge in [-0.05, 0) is 55.3 Å². The maximum absolute atomic E-state index is 13.4. The first-order valence-electron chi connectivity index (χ1n) is 13.7. The third kappa shape index (κ3) is 4.75. The molecule has 2 aromatic carbocycles. The number of pyridine rings is 1. The van der Waals surface area contributed by atoms with Crippen molar-refractivity contribution in [2.24, 2.45) is 12.0 Å². The maximum Gasteiger partial charge on any atom is 0.416 e. The van der Waals surface area contributed by atoms with Crippen LogP contribution in [0, 0.1) is 6.92 Å². The molecule has 0 unspecified atom stereocenters. The van der Waals surface area contributed by atoms with E-state index in [2.05, 4.69) is 52.3 Å². The van der Waals surface area contributed by atoms with Gasteiger partial charge in [0.25, 0.3) is 0 Å². The topological polar surface area (TPSA) is 72.9 Å². The number of hydrogen-bond donors (Lipinski definition) is 1. The highest BCUT2D eigenvalue weighted by Crippen LogP contribution is 2.38. The number of imidazole rings is 1. The van der Waals surface area contributed by atoms with Crippen LogP contribution in [0.5, 0.6) is 0 Å². The minimum atomic E-state index is -4.42. The zero-order chi connectivity index (χ0) is 29.3. The quantitative estimate of drug-likeness (QED) is 0.269. The number of rotatable bonds is 3. The molecular formula is C31H32F3N7. The number of halogens is 3. The number of aryl methyl sites for hydroxylation is 2. The summed E-state index contributed by atoms with van der Waals surface area (Å²) in [6.07, 6.45) is -4.42. The Morgan fingerprint density at radius 2 is 1.76 bits per heavy atom. The fourth-order valence-electron chi connectivity index (χ4n) is 5.62. The van der Waals surface area contributed by atoms with E-state index in [1.165, 1.54) is 6.07 Å². The van der Waals surface area contributed by atoms with E-state index in [4.69, 9.17) is 15.0 Å². The predicted octanol–water partition coefficient (Wildman–Crippen LogP) is 6.65. The van der Waals surface area contributed by atoms with Gasteiger partial charge in [0.1, 0.15) is 23.3 Å². The predicted molar refractivity (Wildman–Crippen MR) is 154 cm³/mol. The number of nitrogens with zero attached hydrogens (tertiary/aromatic N) is 6. The van der Waals surface area contributed by atoms with Crippen LogP contribution in [0.2, 0.25) is 0 Å². The highest BCUT2D eigenvalue weighted by atomic mass is 19.4. The fraction of sp³-hybridized carbons (Fsp3) is 0.355. The Morgan fingerprint density at radius 3 is 2.49 bits per heavy atom. The summed E-state index contributed by atoms with van der Waals surface area (Å²) in [6.45, 7) is 11.5. The molecule has 1 aromatic heterocycles. The first-order valence-corrected chi connectivity index (χ1v) is 13.7. The molecule has 3 aliphatic rings. The summed E-state index contributed by atoms with van der Waals surface area (Å²) in [6, 6.07) is 13.1. The van der Waals surface area contributed by atoms with Crippen molar-refractivity contribution < 1.29 is 13.2 Å². The van der Waals surface area contributed by atoms with E-state index in [0.29, 0.717) is 16.9 Å². The van der Waals surface area contributed by atoms with Gasteiger partial charge >= 0.3 is 6.18 Å². The molecule has 0 radical (unpaired) electrons. The van der Waals surface area contributed by atoms with Crippen LogP contribution in [0.1, 0.15) is 56.5 Å². The molecule has 0 amide bonds. The molecule has 212 valence electrons. The minimum Gasteiger partial charge on any atom is -0.369 e.